The van der Waals surface area contributed by atoms with Crippen LogP contribution in [0.1, 0.15) is 24.5 Å². The van der Waals surface area contributed by atoms with E-state index in [4.69, 9.17) is 0 Å². The van der Waals surface area contributed by atoms with Crippen molar-refractivity contribution >= 4 is 21.7 Å². The minimum absolute atomic E-state index is 0.594. The Balaban J connectivity index is 2.48. The fourth-order valence-corrected chi connectivity index (χ4v) is 2.24. The second-order valence-corrected chi connectivity index (χ2v) is 5.51. The summed E-state index contributed by atoms with van der Waals surface area (Å²) in [5.41, 5.74) is 3.56. The number of nitriles is 1. The highest BCUT2D eigenvalue weighted by molar-refractivity contribution is 9.10. The zero-order chi connectivity index (χ0) is 14.5. The zero-order valence-corrected chi connectivity index (χ0v) is 13.2. The number of nitrogens with zero attached hydrogens (tertiary/aromatic N) is 2. The van der Waals surface area contributed by atoms with Gasteiger partial charge in [-0.1, -0.05) is 35.0 Å². The van der Waals surface area contributed by atoms with E-state index in [9.17, 15) is 5.26 Å². The van der Waals surface area contributed by atoms with Gasteiger partial charge in [-0.25, -0.2) is 4.98 Å². The Morgan fingerprint density at radius 3 is 2.60 bits per heavy atom. The van der Waals surface area contributed by atoms with Gasteiger partial charge < -0.3 is 5.32 Å². The second kappa shape index (κ2) is 6.53. The number of pyridine rings is 1. The Morgan fingerprint density at radius 2 is 2.00 bits per heavy atom. The first-order chi connectivity index (χ1) is 9.65. The molecule has 0 amide bonds. The van der Waals surface area contributed by atoms with Crippen LogP contribution in [-0.4, -0.2) is 11.5 Å². The normalized spacial score (nSPS) is 10.1. The molecule has 0 bridgehead atoms. The average molecular weight is 330 g/mol. The molecule has 0 aliphatic rings. The van der Waals surface area contributed by atoms with Crippen LogP contribution in [0.5, 0.6) is 0 Å². The van der Waals surface area contributed by atoms with E-state index in [1.807, 2.05) is 37.3 Å². The molecule has 2 aromatic rings. The number of aryl methyl sites for hydroxylation is 1. The van der Waals surface area contributed by atoms with Crippen molar-refractivity contribution < 1.29 is 0 Å². The Labute approximate surface area is 127 Å². The van der Waals surface area contributed by atoms with Crippen LogP contribution in [0, 0.1) is 18.3 Å². The largest absolute Gasteiger partial charge is 0.369 e. The minimum Gasteiger partial charge on any atom is -0.369 e. The number of hydrogen-bond acceptors (Lipinski definition) is 3. The predicted octanol–water partition coefficient (Wildman–Crippen LogP) is 4.51. The van der Waals surface area contributed by atoms with Gasteiger partial charge in [0.2, 0.25) is 0 Å². The van der Waals surface area contributed by atoms with Gasteiger partial charge in [0.05, 0.1) is 11.3 Å². The number of hydrogen-bond donors (Lipinski definition) is 1. The van der Waals surface area contributed by atoms with E-state index in [2.05, 4.69) is 39.2 Å². The van der Waals surface area contributed by atoms with Crippen molar-refractivity contribution in [3.8, 4) is 17.3 Å². The summed E-state index contributed by atoms with van der Waals surface area (Å²) >= 11 is 3.43. The summed E-state index contributed by atoms with van der Waals surface area (Å²) in [5, 5.41) is 12.4. The third-order valence-electron chi connectivity index (χ3n) is 2.99. The van der Waals surface area contributed by atoms with E-state index in [-0.39, 0.29) is 0 Å². The molecule has 3 nitrogen and oxygen atoms in total. The van der Waals surface area contributed by atoms with Gasteiger partial charge in [0.15, 0.2) is 0 Å². The van der Waals surface area contributed by atoms with E-state index in [1.54, 1.807) is 0 Å². The molecule has 1 aromatic carbocycles. The van der Waals surface area contributed by atoms with Crippen molar-refractivity contribution in [1.29, 1.82) is 5.26 Å². The number of anilines is 1. The number of halogens is 1. The second-order valence-electron chi connectivity index (χ2n) is 4.60. The highest BCUT2D eigenvalue weighted by Crippen LogP contribution is 2.26. The summed E-state index contributed by atoms with van der Waals surface area (Å²) in [4.78, 5) is 4.63. The third-order valence-corrected chi connectivity index (χ3v) is 3.52. The van der Waals surface area contributed by atoms with Crippen molar-refractivity contribution in [3.05, 3.63) is 45.9 Å². The molecule has 0 unspecified atom stereocenters. The maximum Gasteiger partial charge on any atom is 0.144 e. The van der Waals surface area contributed by atoms with Gasteiger partial charge in [-0.15, -0.1) is 0 Å². The van der Waals surface area contributed by atoms with Gasteiger partial charge in [0.25, 0.3) is 0 Å². The highest BCUT2D eigenvalue weighted by Gasteiger charge is 2.10. The van der Waals surface area contributed by atoms with Crippen LogP contribution in [0.3, 0.4) is 0 Å². The lowest BCUT2D eigenvalue weighted by molar-refractivity contribution is 0.967. The minimum atomic E-state index is 0.594. The van der Waals surface area contributed by atoms with Crippen molar-refractivity contribution in [2.75, 3.05) is 11.9 Å². The lowest BCUT2D eigenvalue weighted by Gasteiger charge is -2.11. The number of benzene rings is 1. The molecule has 0 fully saturated rings. The van der Waals surface area contributed by atoms with Gasteiger partial charge in [0, 0.05) is 16.6 Å². The predicted molar refractivity (Wildman–Crippen MR) is 85.6 cm³/mol. The van der Waals surface area contributed by atoms with Crippen molar-refractivity contribution in [1.82, 2.24) is 4.98 Å². The summed E-state index contributed by atoms with van der Waals surface area (Å²) in [6.45, 7) is 4.88. The van der Waals surface area contributed by atoms with Crippen LogP contribution in [-0.2, 0) is 0 Å². The van der Waals surface area contributed by atoms with Gasteiger partial charge in [-0.05, 0) is 37.1 Å². The fraction of sp³-hybridized carbons (Fsp3) is 0.250. The Morgan fingerprint density at radius 1 is 1.30 bits per heavy atom. The summed E-state index contributed by atoms with van der Waals surface area (Å²) in [7, 11) is 0. The number of nitrogens with one attached hydrogen (secondary N) is 1. The van der Waals surface area contributed by atoms with Gasteiger partial charge in [0.1, 0.15) is 11.9 Å². The number of aromatic nitrogens is 1. The summed E-state index contributed by atoms with van der Waals surface area (Å²) in [6, 6.07) is 12.1. The van der Waals surface area contributed by atoms with E-state index >= 15 is 0 Å². The number of rotatable bonds is 4. The molecular weight excluding hydrogens is 314 g/mol. The smallest absolute Gasteiger partial charge is 0.144 e. The molecule has 0 aliphatic heterocycles. The molecule has 0 saturated heterocycles. The first kappa shape index (κ1) is 14.5. The van der Waals surface area contributed by atoms with E-state index in [0.717, 1.165) is 34.3 Å². The van der Waals surface area contributed by atoms with Crippen molar-refractivity contribution in [3.63, 3.8) is 0 Å². The molecule has 1 aromatic heterocycles. The van der Waals surface area contributed by atoms with Crippen LogP contribution < -0.4 is 5.32 Å². The summed E-state index contributed by atoms with van der Waals surface area (Å²) < 4.78 is 1.04. The molecule has 20 heavy (non-hydrogen) atoms. The molecular formula is C16H16BrN3. The Kier molecular flexibility index (Phi) is 4.75. The lowest BCUT2D eigenvalue weighted by Crippen LogP contribution is -2.06. The van der Waals surface area contributed by atoms with E-state index in [1.165, 1.54) is 0 Å². The molecule has 2 rings (SSSR count). The van der Waals surface area contributed by atoms with Crippen LogP contribution in [0.2, 0.25) is 0 Å². The maximum atomic E-state index is 9.20. The standard InChI is InChI=1S/C16H16BrN3/c1-3-8-19-16-13(10-18)9-11(2)15(20-16)12-4-6-14(17)7-5-12/h4-7,9H,3,8H2,1-2H3,(H,19,20). The van der Waals surface area contributed by atoms with Crippen molar-refractivity contribution in [2.24, 2.45) is 0 Å². The Hall–Kier alpha value is -1.86. The van der Waals surface area contributed by atoms with E-state index < -0.39 is 0 Å². The van der Waals surface area contributed by atoms with Crippen LogP contribution in [0.4, 0.5) is 5.82 Å². The first-order valence-electron chi connectivity index (χ1n) is 6.57. The van der Waals surface area contributed by atoms with Crippen LogP contribution in [0.15, 0.2) is 34.8 Å². The zero-order valence-electron chi connectivity index (χ0n) is 11.6. The third kappa shape index (κ3) is 3.17. The molecule has 102 valence electrons. The molecule has 0 aliphatic carbocycles. The summed E-state index contributed by atoms with van der Waals surface area (Å²) in [5.74, 6) is 0.665. The van der Waals surface area contributed by atoms with Gasteiger partial charge in [-0.2, -0.15) is 5.26 Å². The monoisotopic (exact) mass is 329 g/mol. The quantitative estimate of drug-likeness (QED) is 0.897. The molecule has 1 heterocycles. The van der Waals surface area contributed by atoms with E-state index in [0.29, 0.717) is 11.4 Å². The molecule has 1 N–H and O–H groups in total. The highest BCUT2D eigenvalue weighted by atomic mass is 79.9. The molecule has 0 radical (unpaired) electrons. The fourth-order valence-electron chi connectivity index (χ4n) is 1.98. The first-order valence-corrected chi connectivity index (χ1v) is 7.36. The molecule has 0 spiro atoms. The topological polar surface area (TPSA) is 48.7 Å². The van der Waals surface area contributed by atoms with Gasteiger partial charge >= 0.3 is 0 Å². The maximum absolute atomic E-state index is 9.20. The summed E-state index contributed by atoms with van der Waals surface area (Å²) in [6.07, 6.45) is 0.994. The van der Waals surface area contributed by atoms with Crippen LogP contribution in [0.25, 0.3) is 11.3 Å². The molecule has 0 saturated carbocycles. The van der Waals surface area contributed by atoms with Crippen LogP contribution >= 0.6 is 15.9 Å². The lowest BCUT2D eigenvalue weighted by atomic mass is 10.0. The van der Waals surface area contributed by atoms with Gasteiger partial charge in [-0.3, -0.25) is 0 Å². The molecule has 4 heteroatoms. The Bertz CT molecular complexity index is 642. The SMILES string of the molecule is CCCNc1nc(-c2ccc(Br)cc2)c(C)cc1C#N. The average Bonchev–Trinajstić information content (AvgIpc) is 2.46. The van der Waals surface area contributed by atoms with Crippen molar-refractivity contribution in [2.45, 2.75) is 20.3 Å². The molecule has 0 atom stereocenters.